The highest BCUT2D eigenvalue weighted by Crippen LogP contribution is 2.15. The van der Waals surface area contributed by atoms with Crippen molar-refractivity contribution in [2.45, 2.75) is 12.5 Å². The molecule has 0 N–H and O–H groups in total. The summed E-state index contributed by atoms with van der Waals surface area (Å²) in [7, 11) is 0. The van der Waals surface area contributed by atoms with Gasteiger partial charge in [0, 0.05) is 32.2 Å². The van der Waals surface area contributed by atoms with E-state index in [2.05, 4.69) is 4.90 Å². The molecule has 0 unspecified atom stereocenters. The van der Waals surface area contributed by atoms with E-state index in [0.717, 1.165) is 45.8 Å². The van der Waals surface area contributed by atoms with Gasteiger partial charge in [0.25, 0.3) is 0 Å². The third-order valence-corrected chi connectivity index (χ3v) is 2.85. The van der Waals surface area contributed by atoms with Gasteiger partial charge in [0.1, 0.15) is 0 Å². The summed E-state index contributed by atoms with van der Waals surface area (Å²) < 4.78 is 5.28. The number of likely N-dealkylation sites (tertiary alicyclic amines) is 1. The van der Waals surface area contributed by atoms with Gasteiger partial charge in [-0.3, -0.25) is 9.69 Å². The molecule has 2 rings (SSSR count). The van der Waals surface area contributed by atoms with Crippen molar-refractivity contribution >= 4 is 6.41 Å². The fourth-order valence-corrected chi connectivity index (χ4v) is 2.07. The summed E-state index contributed by atoms with van der Waals surface area (Å²) >= 11 is 0. The molecule has 0 bridgehead atoms. The van der Waals surface area contributed by atoms with Gasteiger partial charge in [-0.05, 0) is 6.42 Å². The smallest absolute Gasteiger partial charge is 0.312 e. The number of ether oxygens (including phenoxy) is 1. The number of nitrogens with zero attached hydrogens (tertiary/aromatic N) is 2. The Hall–Kier alpha value is -0.610. The zero-order valence-corrected chi connectivity index (χ0v) is 7.74. The number of morpholine rings is 1. The number of hydrogen-bond donors (Lipinski definition) is 0. The summed E-state index contributed by atoms with van der Waals surface area (Å²) in [5.74, 6) is 0. The Balaban J connectivity index is 1.83. The van der Waals surface area contributed by atoms with Crippen molar-refractivity contribution in [2.75, 3.05) is 39.4 Å². The molecule has 2 heterocycles. The molecule has 2 aliphatic rings. The zero-order chi connectivity index (χ0) is 9.10. The van der Waals surface area contributed by atoms with Gasteiger partial charge in [-0.2, -0.15) is 0 Å². The number of amides is 1. The van der Waals surface area contributed by atoms with E-state index < -0.39 is 0 Å². The van der Waals surface area contributed by atoms with Crippen LogP contribution in [0.15, 0.2) is 0 Å². The first-order valence-corrected chi connectivity index (χ1v) is 4.84. The van der Waals surface area contributed by atoms with E-state index in [0.29, 0.717) is 6.04 Å². The maximum Gasteiger partial charge on any atom is 0.312 e. The molecular weight excluding hydrogens is 168 g/mol. The largest absolute Gasteiger partial charge is 0.379 e. The zero-order valence-electron chi connectivity index (χ0n) is 7.74. The van der Waals surface area contributed by atoms with E-state index in [1.54, 1.807) is 4.90 Å². The Kier molecular flexibility index (Phi) is 2.80. The molecule has 1 radical (unpaired) electrons. The summed E-state index contributed by atoms with van der Waals surface area (Å²) in [6.45, 7) is 5.41. The minimum Gasteiger partial charge on any atom is -0.379 e. The predicted octanol–water partition coefficient (Wildman–Crippen LogP) is -0.540. The van der Waals surface area contributed by atoms with Gasteiger partial charge in [-0.25, -0.2) is 0 Å². The van der Waals surface area contributed by atoms with E-state index >= 15 is 0 Å². The summed E-state index contributed by atoms with van der Waals surface area (Å²) in [5.41, 5.74) is 0. The van der Waals surface area contributed by atoms with Gasteiger partial charge in [-0.1, -0.05) is 0 Å². The summed E-state index contributed by atoms with van der Waals surface area (Å²) in [6.07, 6.45) is 3.05. The standard InChI is InChI=1S/C9H15N2O2/c12-8-10-2-1-9(7-10)11-3-5-13-6-4-11/h9H,1-7H2/t9-/m0/s1. The van der Waals surface area contributed by atoms with Crippen molar-refractivity contribution in [2.24, 2.45) is 0 Å². The van der Waals surface area contributed by atoms with Crippen molar-refractivity contribution in [3.63, 3.8) is 0 Å². The number of hydrogen-bond acceptors (Lipinski definition) is 3. The van der Waals surface area contributed by atoms with Crippen LogP contribution in [0, 0.1) is 0 Å². The van der Waals surface area contributed by atoms with Crippen molar-refractivity contribution in [3.05, 3.63) is 0 Å². The molecule has 2 fully saturated rings. The predicted molar refractivity (Wildman–Crippen MR) is 48.1 cm³/mol. The lowest BCUT2D eigenvalue weighted by atomic mass is 10.2. The first kappa shape index (κ1) is 8.97. The third kappa shape index (κ3) is 2.00. The Morgan fingerprint density at radius 3 is 2.62 bits per heavy atom. The van der Waals surface area contributed by atoms with Crippen LogP contribution in [0.4, 0.5) is 0 Å². The second-order valence-electron chi connectivity index (χ2n) is 3.63. The highest BCUT2D eigenvalue weighted by atomic mass is 16.5. The van der Waals surface area contributed by atoms with Crippen molar-refractivity contribution < 1.29 is 9.53 Å². The Labute approximate surface area is 78.4 Å². The topological polar surface area (TPSA) is 32.8 Å². The molecule has 2 saturated heterocycles. The van der Waals surface area contributed by atoms with Gasteiger partial charge in [0.15, 0.2) is 0 Å². The molecule has 0 aromatic rings. The minimum atomic E-state index is 0.547. The van der Waals surface area contributed by atoms with Gasteiger partial charge in [0.05, 0.1) is 13.2 Å². The first-order valence-electron chi connectivity index (χ1n) is 4.84. The average Bonchev–Trinajstić information content (AvgIpc) is 2.67. The van der Waals surface area contributed by atoms with E-state index in [1.807, 2.05) is 6.41 Å². The molecule has 4 heteroatoms. The SMILES string of the molecule is O=[C]N1CC[C@H](N2CCOCC2)C1. The van der Waals surface area contributed by atoms with E-state index in [9.17, 15) is 4.79 Å². The van der Waals surface area contributed by atoms with Crippen LogP contribution in [-0.2, 0) is 9.53 Å². The summed E-state index contributed by atoms with van der Waals surface area (Å²) in [6, 6.07) is 0.547. The van der Waals surface area contributed by atoms with E-state index in [1.165, 1.54) is 0 Å². The normalized spacial score (nSPS) is 30.8. The molecule has 0 aromatic heterocycles. The molecule has 0 aromatic carbocycles. The fraction of sp³-hybridized carbons (Fsp3) is 0.889. The molecule has 2 aliphatic heterocycles. The lowest BCUT2D eigenvalue weighted by Crippen LogP contribution is -2.44. The molecule has 4 nitrogen and oxygen atoms in total. The monoisotopic (exact) mass is 183 g/mol. The van der Waals surface area contributed by atoms with Gasteiger partial charge in [0.2, 0.25) is 0 Å². The minimum absolute atomic E-state index is 0.547. The second kappa shape index (κ2) is 4.07. The van der Waals surface area contributed by atoms with Crippen LogP contribution in [0.3, 0.4) is 0 Å². The third-order valence-electron chi connectivity index (χ3n) is 2.85. The molecule has 0 saturated carbocycles. The van der Waals surface area contributed by atoms with Crippen LogP contribution in [0.2, 0.25) is 0 Å². The molecule has 0 spiro atoms. The lowest BCUT2D eigenvalue weighted by Gasteiger charge is -2.31. The first-order chi connectivity index (χ1) is 6.40. The molecule has 0 aliphatic carbocycles. The average molecular weight is 183 g/mol. The highest BCUT2D eigenvalue weighted by Gasteiger charge is 2.27. The van der Waals surface area contributed by atoms with Crippen molar-refractivity contribution in [1.82, 2.24) is 9.80 Å². The summed E-state index contributed by atoms with van der Waals surface area (Å²) in [5, 5.41) is 0. The molecule has 13 heavy (non-hydrogen) atoms. The van der Waals surface area contributed by atoms with E-state index in [4.69, 9.17) is 4.74 Å². The van der Waals surface area contributed by atoms with Crippen LogP contribution >= 0.6 is 0 Å². The molecule has 73 valence electrons. The van der Waals surface area contributed by atoms with Crippen LogP contribution in [0.25, 0.3) is 0 Å². The maximum atomic E-state index is 10.4. The van der Waals surface area contributed by atoms with Gasteiger partial charge in [-0.15, -0.1) is 0 Å². The van der Waals surface area contributed by atoms with E-state index in [-0.39, 0.29) is 0 Å². The van der Waals surface area contributed by atoms with Gasteiger partial charge >= 0.3 is 6.41 Å². The van der Waals surface area contributed by atoms with Crippen molar-refractivity contribution in [3.8, 4) is 0 Å². The molecule has 1 atom stereocenters. The van der Waals surface area contributed by atoms with Crippen molar-refractivity contribution in [1.29, 1.82) is 0 Å². The second-order valence-corrected chi connectivity index (χ2v) is 3.63. The highest BCUT2D eigenvalue weighted by molar-refractivity contribution is 5.48. The fourth-order valence-electron chi connectivity index (χ4n) is 2.07. The molecule has 1 amide bonds. The summed E-state index contributed by atoms with van der Waals surface area (Å²) in [4.78, 5) is 14.5. The number of carbonyl (C=O) groups excluding carboxylic acids is 1. The van der Waals surface area contributed by atoms with Crippen LogP contribution < -0.4 is 0 Å². The Morgan fingerprint density at radius 1 is 1.23 bits per heavy atom. The van der Waals surface area contributed by atoms with Crippen LogP contribution in [0.1, 0.15) is 6.42 Å². The van der Waals surface area contributed by atoms with Crippen LogP contribution in [0.5, 0.6) is 0 Å². The van der Waals surface area contributed by atoms with Gasteiger partial charge < -0.3 is 9.64 Å². The Morgan fingerprint density at radius 2 is 2.00 bits per heavy atom. The maximum absolute atomic E-state index is 10.4. The molecular formula is C9H15N2O2. The van der Waals surface area contributed by atoms with Crippen LogP contribution in [-0.4, -0.2) is 61.6 Å². The quantitative estimate of drug-likeness (QED) is 0.576. The Bertz CT molecular complexity index is 180. The lowest BCUT2D eigenvalue weighted by molar-refractivity contribution is 0.0195. The number of rotatable bonds is 2.